The summed E-state index contributed by atoms with van der Waals surface area (Å²) in [7, 11) is 0. The average Bonchev–Trinajstić information content (AvgIpc) is 2.48. The van der Waals surface area contributed by atoms with Crippen LogP contribution in [0.25, 0.3) is 0 Å². The highest BCUT2D eigenvalue weighted by molar-refractivity contribution is 5.94. The molecule has 0 aliphatic rings. The molecule has 0 aliphatic carbocycles. The molecule has 110 valence electrons. The van der Waals surface area contributed by atoms with Crippen molar-refractivity contribution in [3.05, 3.63) is 54.6 Å². The Morgan fingerprint density at radius 1 is 1.10 bits per heavy atom. The number of nitrogen functional groups attached to an aromatic ring is 1. The van der Waals surface area contributed by atoms with Crippen LogP contribution in [-0.2, 0) is 4.79 Å². The molecule has 0 bridgehead atoms. The molecule has 0 spiro atoms. The van der Waals surface area contributed by atoms with E-state index < -0.39 is 0 Å². The summed E-state index contributed by atoms with van der Waals surface area (Å²) in [5, 5.41) is 2.90. The van der Waals surface area contributed by atoms with Gasteiger partial charge in [0, 0.05) is 12.2 Å². The minimum Gasteiger partial charge on any atom is -0.397 e. The van der Waals surface area contributed by atoms with Crippen molar-refractivity contribution < 1.29 is 4.79 Å². The predicted molar refractivity (Wildman–Crippen MR) is 88.4 cm³/mol. The molecule has 2 rings (SSSR count). The molecule has 0 unspecified atom stereocenters. The zero-order valence-electron chi connectivity index (χ0n) is 12.3. The molecule has 0 aliphatic heterocycles. The van der Waals surface area contributed by atoms with Gasteiger partial charge in [0.1, 0.15) is 0 Å². The Balaban J connectivity index is 2.06. The van der Waals surface area contributed by atoms with Gasteiger partial charge in [-0.2, -0.15) is 0 Å². The minimum atomic E-state index is -0.0436. The maximum atomic E-state index is 12.2. The molecule has 4 nitrogen and oxygen atoms in total. The first-order valence-electron chi connectivity index (χ1n) is 7.15. The molecular weight excluding hydrogens is 262 g/mol. The van der Waals surface area contributed by atoms with E-state index in [0.29, 0.717) is 5.69 Å². The predicted octanol–water partition coefficient (Wildman–Crippen LogP) is 3.12. The Kier molecular flexibility index (Phi) is 5.21. The topological polar surface area (TPSA) is 58.4 Å². The molecule has 0 atom stereocenters. The van der Waals surface area contributed by atoms with Crippen molar-refractivity contribution in [3.8, 4) is 0 Å². The molecule has 0 fully saturated rings. The number of carbonyl (C=O) groups excluding carboxylic acids is 1. The maximum Gasteiger partial charge on any atom is 0.243 e. The lowest BCUT2D eigenvalue weighted by Crippen LogP contribution is -2.34. The van der Waals surface area contributed by atoms with Crippen molar-refractivity contribution >= 4 is 23.0 Å². The van der Waals surface area contributed by atoms with Crippen molar-refractivity contribution in [1.29, 1.82) is 0 Å². The van der Waals surface area contributed by atoms with Gasteiger partial charge in [-0.1, -0.05) is 37.3 Å². The third-order valence-electron chi connectivity index (χ3n) is 3.16. The highest BCUT2D eigenvalue weighted by Crippen LogP contribution is 2.22. The van der Waals surface area contributed by atoms with Gasteiger partial charge in [0.15, 0.2) is 0 Å². The number of hydrogen-bond donors (Lipinski definition) is 2. The number of anilines is 3. The van der Waals surface area contributed by atoms with E-state index in [2.05, 4.69) is 12.2 Å². The second-order valence-electron chi connectivity index (χ2n) is 4.89. The SMILES string of the molecule is CCCN(CC(=O)Nc1ccccc1)c1ccccc1N. The standard InChI is InChI=1S/C17H21N3O/c1-2-12-20(16-11-7-6-10-15(16)18)13-17(21)19-14-8-4-3-5-9-14/h3-11H,2,12-13,18H2,1H3,(H,19,21). The molecule has 0 aromatic heterocycles. The van der Waals surface area contributed by atoms with Crippen LogP contribution in [0, 0.1) is 0 Å². The van der Waals surface area contributed by atoms with Crippen LogP contribution < -0.4 is 16.0 Å². The molecule has 2 aromatic carbocycles. The number of nitrogens with one attached hydrogen (secondary N) is 1. The second kappa shape index (κ2) is 7.33. The smallest absolute Gasteiger partial charge is 0.243 e. The zero-order valence-corrected chi connectivity index (χ0v) is 12.3. The van der Waals surface area contributed by atoms with Crippen LogP contribution >= 0.6 is 0 Å². The summed E-state index contributed by atoms with van der Waals surface area (Å²) >= 11 is 0. The molecule has 21 heavy (non-hydrogen) atoms. The molecule has 4 heteroatoms. The summed E-state index contributed by atoms with van der Waals surface area (Å²) in [5.74, 6) is -0.0436. The van der Waals surface area contributed by atoms with Crippen LogP contribution in [0.15, 0.2) is 54.6 Å². The van der Waals surface area contributed by atoms with Gasteiger partial charge in [-0.05, 0) is 30.7 Å². The number of nitrogens with zero attached hydrogens (tertiary/aromatic N) is 1. The van der Waals surface area contributed by atoms with E-state index in [-0.39, 0.29) is 12.5 Å². The minimum absolute atomic E-state index is 0.0436. The van der Waals surface area contributed by atoms with Crippen molar-refractivity contribution in [2.75, 3.05) is 29.0 Å². The number of amides is 1. The Morgan fingerprint density at radius 3 is 2.43 bits per heavy atom. The fourth-order valence-electron chi connectivity index (χ4n) is 2.23. The quantitative estimate of drug-likeness (QED) is 0.801. The van der Waals surface area contributed by atoms with E-state index in [1.807, 2.05) is 59.5 Å². The van der Waals surface area contributed by atoms with Crippen LogP contribution in [0.1, 0.15) is 13.3 Å². The van der Waals surface area contributed by atoms with Crippen molar-refractivity contribution in [2.45, 2.75) is 13.3 Å². The summed E-state index contributed by atoms with van der Waals surface area (Å²) in [6.07, 6.45) is 0.951. The lowest BCUT2D eigenvalue weighted by molar-refractivity contribution is -0.115. The number of hydrogen-bond acceptors (Lipinski definition) is 3. The first kappa shape index (κ1) is 14.9. The number of benzene rings is 2. The number of nitrogens with two attached hydrogens (primary N) is 1. The van der Waals surface area contributed by atoms with E-state index >= 15 is 0 Å². The van der Waals surface area contributed by atoms with Crippen LogP contribution in [0.3, 0.4) is 0 Å². The van der Waals surface area contributed by atoms with Gasteiger partial charge in [0.2, 0.25) is 5.91 Å². The van der Waals surface area contributed by atoms with Crippen LogP contribution in [-0.4, -0.2) is 19.0 Å². The molecule has 0 saturated carbocycles. The Hall–Kier alpha value is -2.49. The zero-order chi connectivity index (χ0) is 15.1. The molecule has 0 saturated heterocycles. The van der Waals surface area contributed by atoms with E-state index in [1.54, 1.807) is 0 Å². The van der Waals surface area contributed by atoms with Gasteiger partial charge < -0.3 is 16.0 Å². The van der Waals surface area contributed by atoms with Crippen molar-refractivity contribution in [1.82, 2.24) is 0 Å². The number of carbonyl (C=O) groups is 1. The maximum absolute atomic E-state index is 12.2. The van der Waals surface area contributed by atoms with Crippen LogP contribution in [0.5, 0.6) is 0 Å². The molecule has 2 aromatic rings. The highest BCUT2D eigenvalue weighted by Gasteiger charge is 2.13. The third-order valence-corrected chi connectivity index (χ3v) is 3.16. The Bertz CT molecular complexity index is 584. The number of rotatable bonds is 6. The van der Waals surface area contributed by atoms with Gasteiger partial charge in [0.05, 0.1) is 17.9 Å². The fraction of sp³-hybridized carbons (Fsp3) is 0.235. The first-order valence-corrected chi connectivity index (χ1v) is 7.15. The summed E-state index contributed by atoms with van der Waals surface area (Å²) in [5.41, 5.74) is 8.41. The summed E-state index contributed by atoms with van der Waals surface area (Å²) < 4.78 is 0. The van der Waals surface area contributed by atoms with Crippen LogP contribution in [0.4, 0.5) is 17.1 Å². The van der Waals surface area contributed by atoms with Crippen molar-refractivity contribution in [3.63, 3.8) is 0 Å². The van der Waals surface area contributed by atoms with E-state index in [4.69, 9.17) is 5.73 Å². The van der Waals surface area contributed by atoms with Gasteiger partial charge in [-0.15, -0.1) is 0 Å². The summed E-state index contributed by atoms with van der Waals surface area (Å²) in [4.78, 5) is 14.2. The summed E-state index contributed by atoms with van der Waals surface area (Å²) in [6, 6.07) is 17.1. The first-order chi connectivity index (χ1) is 10.2. The van der Waals surface area contributed by atoms with Gasteiger partial charge in [-0.3, -0.25) is 4.79 Å². The van der Waals surface area contributed by atoms with Crippen LogP contribution in [0.2, 0.25) is 0 Å². The summed E-state index contributed by atoms with van der Waals surface area (Å²) in [6.45, 7) is 3.16. The Morgan fingerprint density at radius 2 is 1.76 bits per heavy atom. The average molecular weight is 283 g/mol. The van der Waals surface area contributed by atoms with Gasteiger partial charge in [-0.25, -0.2) is 0 Å². The normalized spacial score (nSPS) is 10.1. The van der Waals surface area contributed by atoms with E-state index in [9.17, 15) is 4.79 Å². The second-order valence-corrected chi connectivity index (χ2v) is 4.89. The third kappa shape index (κ3) is 4.24. The lowest BCUT2D eigenvalue weighted by atomic mass is 10.2. The molecule has 0 heterocycles. The van der Waals surface area contributed by atoms with Gasteiger partial charge in [0.25, 0.3) is 0 Å². The van der Waals surface area contributed by atoms with Gasteiger partial charge >= 0.3 is 0 Å². The molecule has 0 radical (unpaired) electrons. The molecule has 1 amide bonds. The molecule has 3 N–H and O–H groups in total. The lowest BCUT2D eigenvalue weighted by Gasteiger charge is -2.25. The molecular formula is C17H21N3O. The van der Waals surface area contributed by atoms with Crippen molar-refractivity contribution in [2.24, 2.45) is 0 Å². The monoisotopic (exact) mass is 283 g/mol. The number of para-hydroxylation sites is 3. The highest BCUT2D eigenvalue weighted by atomic mass is 16.2. The Labute approximate surface area is 125 Å². The van der Waals surface area contributed by atoms with E-state index in [1.165, 1.54) is 0 Å². The largest absolute Gasteiger partial charge is 0.397 e. The van der Waals surface area contributed by atoms with E-state index in [0.717, 1.165) is 24.3 Å². The fourth-order valence-corrected chi connectivity index (χ4v) is 2.23.